The third kappa shape index (κ3) is 5.01. The van der Waals surface area contributed by atoms with Crippen LogP contribution in [0, 0.1) is 6.92 Å². The first-order valence-electron chi connectivity index (χ1n) is 12.8. The summed E-state index contributed by atoms with van der Waals surface area (Å²) in [4.78, 5) is 0. The Morgan fingerprint density at radius 2 is 0.486 bits per heavy atom. The van der Waals surface area contributed by atoms with Crippen molar-refractivity contribution >= 4 is 0 Å². The Balaban J connectivity index is 1.40. The molecule has 0 atom stereocenters. The van der Waals surface area contributed by atoms with Crippen molar-refractivity contribution in [2.45, 2.75) is 6.92 Å². The van der Waals surface area contributed by atoms with Gasteiger partial charge in [-0.05, 0) is 92.4 Å². The number of hydrogen-bond donors (Lipinski definition) is 0. The van der Waals surface area contributed by atoms with Gasteiger partial charge in [0.15, 0.2) is 0 Å². The molecule has 0 heterocycles. The first kappa shape index (κ1) is 22.8. The van der Waals surface area contributed by atoms with Gasteiger partial charge in [0.1, 0.15) is 0 Å². The average Bonchev–Trinajstić information content (AvgIpc) is 2.98. The zero-order valence-electron chi connectivity index (χ0n) is 20.9. The molecule has 0 N–H and O–H groups in total. The molecule has 6 rings (SSSR count). The third-order valence-electron chi connectivity index (χ3n) is 6.88. The van der Waals surface area contributed by atoms with Crippen LogP contribution in [-0.4, -0.2) is 0 Å². The van der Waals surface area contributed by atoms with E-state index in [1.165, 1.54) is 61.2 Å². The summed E-state index contributed by atoms with van der Waals surface area (Å²) < 4.78 is 0. The van der Waals surface area contributed by atoms with Crippen molar-refractivity contribution in [3.05, 3.63) is 157 Å². The van der Waals surface area contributed by atoms with Crippen molar-refractivity contribution < 1.29 is 0 Å². The van der Waals surface area contributed by atoms with Crippen molar-refractivity contribution in [2.24, 2.45) is 0 Å². The minimum absolute atomic E-state index is 1.22. The van der Waals surface area contributed by atoms with Gasteiger partial charge in [-0.1, -0.05) is 127 Å². The lowest BCUT2D eigenvalue weighted by Gasteiger charge is -2.12. The van der Waals surface area contributed by atoms with E-state index < -0.39 is 0 Å². The van der Waals surface area contributed by atoms with E-state index in [1.807, 2.05) is 0 Å². The standard InChI is InChI=1S/C37H28/c1-27-21-33(28-11-5-2-6-12-28)23-34(22-27)31-17-19-32(20-18-31)37-25-35(29-13-7-3-8-14-29)24-36(26-37)30-15-9-4-10-16-30/h2-26H,1H3. The molecule has 0 aliphatic carbocycles. The summed E-state index contributed by atoms with van der Waals surface area (Å²) in [5.74, 6) is 0. The van der Waals surface area contributed by atoms with E-state index in [9.17, 15) is 0 Å². The van der Waals surface area contributed by atoms with Crippen molar-refractivity contribution in [3.8, 4) is 55.6 Å². The molecule has 0 radical (unpaired) electrons. The van der Waals surface area contributed by atoms with Gasteiger partial charge < -0.3 is 0 Å². The van der Waals surface area contributed by atoms with Gasteiger partial charge in [-0.3, -0.25) is 0 Å². The van der Waals surface area contributed by atoms with Crippen LogP contribution in [0.4, 0.5) is 0 Å². The minimum Gasteiger partial charge on any atom is -0.0622 e. The Morgan fingerprint density at radius 1 is 0.243 bits per heavy atom. The minimum atomic E-state index is 1.22. The lowest BCUT2D eigenvalue weighted by molar-refractivity contribution is 1.46. The fourth-order valence-electron chi connectivity index (χ4n) is 4.99. The highest BCUT2D eigenvalue weighted by atomic mass is 14.1. The molecule has 0 aliphatic heterocycles. The van der Waals surface area contributed by atoms with Crippen LogP contribution in [0.15, 0.2) is 152 Å². The van der Waals surface area contributed by atoms with Crippen molar-refractivity contribution in [2.75, 3.05) is 0 Å². The predicted molar refractivity (Wildman–Crippen MR) is 158 cm³/mol. The Morgan fingerprint density at radius 3 is 0.784 bits per heavy atom. The van der Waals surface area contributed by atoms with E-state index in [0.29, 0.717) is 0 Å². The maximum Gasteiger partial charge on any atom is -0.0172 e. The Hall–Kier alpha value is -4.68. The third-order valence-corrected chi connectivity index (χ3v) is 6.88. The van der Waals surface area contributed by atoms with Crippen LogP contribution < -0.4 is 0 Å². The molecule has 6 aromatic carbocycles. The van der Waals surface area contributed by atoms with E-state index in [-0.39, 0.29) is 0 Å². The van der Waals surface area contributed by atoms with Gasteiger partial charge in [0.05, 0.1) is 0 Å². The van der Waals surface area contributed by atoms with Crippen LogP contribution in [0.5, 0.6) is 0 Å². The molecule has 0 unspecified atom stereocenters. The van der Waals surface area contributed by atoms with E-state index in [0.717, 1.165) is 0 Å². The molecule has 0 heteroatoms. The number of rotatable bonds is 5. The molecule has 0 spiro atoms. The van der Waals surface area contributed by atoms with Crippen molar-refractivity contribution in [1.82, 2.24) is 0 Å². The van der Waals surface area contributed by atoms with E-state index in [2.05, 4.69) is 159 Å². The largest absolute Gasteiger partial charge is 0.0622 e. The van der Waals surface area contributed by atoms with Crippen LogP contribution in [-0.2, 0) is 0 Å². The summed E-state index contributed by atoms with van der Waals surface area (Å²) in [6.45, 7) is 2.17. The summed E-state index contributed by atoms with van der Waals surface area (Å²) in [6.07, 6.45) is 0. The Kier molecular flexibility index (Phi) is 6.23. The number of aryl methyl sites for hydroxylation is 1. The highest BCUT2D eigenvalue weighted by molar-refractivity contribution is 5.82. The second-order valence-corrected chi connectivity index (χ2v) is 9.56. The van der Waals surface area contributed by atoms with E-state index in [4.69, 9.17) is 0 Å². The monoisotopic (exact) mass is 472 g/mol. The lowest BCUT2D eigenvalue weighted by Crippen LogP contribution is -1.87. The molecule has 0 fully saturated rings. The van der Waals surface area contributed by atoms with Gasteiger partial charge in [-0.2, -0.15) is 0 Å². The van der Waals surface area contributed by atoms with Crippen LogP contribution in [0.1, 0.15) is 5.56 Å². The SMILES string of the molecule is Cc1cc(-c2ccccc2)cc(-c2ccc(-c3cc(-c4ccccc4)cc(-c4ccccc4)c3)cc2)c1. The second kappa shape index (κ2) is 10.1. The summed E-state index contributed by atoms with van der Waals surface area (Å²) in [7, 11) is 0. The zero-order valence-corrected chi connectivity index (χ0v) is 20.9. The molecular formula is C37H28. The molecular weight excluding hydrogens is 444 g/mol. The normalized spacial score (nSPS) is 10.8. The molecule has 0 aromatic heterocycles. The highest BCUT2D eigenvalue weighted by Crippen LogP contribution is 2.34. The van der Waals surface area contributed by atoms with Crippen LogP contribution in [0.2, 0.25) is 0 Å². The number of benzene rings is 6. The summed E-state index contributed by atoms with van der Waals surface area (Å²) in [5.41, 5.74) is 13.6. The maximum absolute atomic E-state index is 2.30. The molecule has 0 saturated heterocycles. The molecule has 6 aromatic rings. The summed E-state index contributed by atoms with van der Waals surface area (Å²) >= 11 is 0. The van der Waals surface area contributed by atoms with Crippen molar-refractivity contribution in [1.29, 1.82) is 0 Å². The van der Waals surface area contributed by atoms with Gasteiger partial charge in [0.25, 0.3) is 0 Å². The lowest BCUT2D eigenvalue weighted by atomic mass is 9.92. The Labute approximate surface area is 219 Å². The molecule has 37 heavy (non-hydrogen) atoms. The predicted octanol–water partition coefficient (Wildman–Crippen LogP) is 10.3. The Bertz CT molecular complexity index is 1570. The van der Waals surface area contributed by atoms with Gasteiger partial charge in [0.2, 0.25) is 0 Å². The fraction of sp³-hybridized carbons (Fsp3) is 0.0270. The van der Waals surface area contributed by atoms with Gasteiger partial charge in [0, 0.05) is 0 Å². The molecule has 0 aliphatic rings. The summed E-state index contributed by atoms with van der Waals surface area (Å²) in [5, 5.41) is 0. The summed E-state index contributed by atoms with van der Waals surface area (Å²) in [6, 6.07) is 54.6. The topological polar surface area (TPSA) is 0 Å². The highest BCUT2D eigenvalue weighted by Gasteiger charge is 2.09. The first-order valence-corrected chi connectivity index (χ1v) is 12.8. The molecule has 0 bridgehead atoms. The molecule has 0 saturated carbocycles. The fourth-order valence-corrected chi connectivity index (χ4v) is 4.99. The average molecular weight is 473 g/mol. The maximum atomic E-state index is 2.30. The van der Waals surface area contributed by atoms with Crippen molar-refractivity contribution in [3.63, 3.8) is 0 Å². The van der Waals surface area contributed by atoms with Gasteiger partial charge in [-0.15, -0.1) is 0 Å². The van der Waals surface area contributed by atoms with Crippen LogP contribution >= 0.6 is 0 Å². The molecule has 0 nitrogen and oxygen atoms in total. The second-order valence-electron chi connectivity index (χ2n) is 9.56. The molecule has 176 valence electrons. The smallest absolute Gasteiger partial charge is 0.0172 e. The number of hydrogen-bond acceptors (Lipinski definition) is 0. The van der Waals surface area contributed by atoms with Crippen LogP contribution in [0.3, 0.4) is 0 Å². The van der Waals surface area contributed by atoms with E-state index in [1.54, 1.807) is 0 Å². The molecule has 0 amide bonds. The quantitative estimate of drug-likeness (QED) is 0.234. The van der Waals surface area contributed by atoms with Gasteiger partial charge in [-0.25, -0.2) is 0 Å². The first-order chi connectivity index (χ1) is 18.2. The van der Waals surface area contributed by atoms with E-state index >= 15 is 0 Å². The zero-order chi connectivity index (χ0) is 25.0. The van der Waals surface area contributed by atoms with Gasteiger partial charge >= 0.3 is 0 Å². The van der Waals surface area contributed by atoms with Crippen LogP contribution in [0.25, 0.3) is 55.6 Å².